The van der Waals surface area contributed by atoms with E-state index in [1.165, 1.54) is 0 Å². The van der Waals surface area contributed by atoms with Gasteiger partial charge in [0.25, 0.3) is 0 Å². The molecule has 3 heteroatoms. The van der Waals surface area contributed by atoms with Crippen LogP contribution in [0.4, 0.5) is 0 Å². The van der Waals surface area contributed by atoms with Crippen molar-refractivity contribution in [1.29, 1.82) is 0 Å². The maximum atomic E-state index is 7.60. The van der Waals surface area contributed by atoms with E-state index in [0.717, 1.165) is 15.6 Å². The molecule has 74 valence electrons. The largest absolute Gasteiger partial charge is 0.343 e. The third-order valence-corrected chi connectivity index (χ3v) is 3.17. The molecule has 14 heavy (non-hydrogen) atoms. The minimum atomic E-state index is -2.44. The van der Waals surface area contributed by atoms with Crippen LogP contribution in [0.3, 0.4) is 0 Å². The van der Waals surface area contributed by atoms with Crippen molar-refractivity contribution in [3.63, 3.8) is 0 Å². The van der Waals surface area contributed by atoms with E-state index < -0.39 is 18.9 Å². The van der Waals surface area contributed by atoms with Crippen molar-refractivity contribution in [2.75, 3.05) is 13.1 Å². The van der Waals surface area contributed by atoms with Gasteiger partial charge in [0.1, 0.15) is 0 Å². The summed E-state index contributed by atoms with van der Waals surface area (Å²) in [4.78, 5) is 0. The van der Waals surface area contributed by atoms with Gasteiger partial charge in [0.2, 0.25) is 0 Å². The minimum Gasteiger partial charge on any atom is -0.343 e. The topological polar surface area (TPSA) is 18.5 Å². The molecule has 0 N–H and O–H groups in total. The quantitative estimate of drug-likeness (QED) is 0.713. The molecule has 3 rings (SSSR count). The third kappa shape index (κ3) is 1.16. The zero-order valence-electron chi connectivity index (χ0n) is 11.3. The second-order valence-corrected chi connectivity index (χ2v) is 4.38. The summed E-state index contributed by atoms with van der Waals surface area (Å²) < 4.78 is 41.9. The summed E-state index contributed by atoms with van der Waals surface area (Å²) in [6.07, 6.45) is 1.11. The van der Waals surface area contributed by atoms with Crippen molar-refractivity contribution in [2.45, 2.75) is 18.6 Å². The van der Waals surface area contributed by atoms with Gasteiger partial charge in [-0.3, -0.25) is 0 Å². The highest BCUT2D eigenvalue weighted by Gasteiger charge is 2.43. The molecule has 1 aromatic rings. The summed E-state index contributed by atoms with van der Waals surface area (Å²) in [5.74, 6) is -1.29. The first-order valence-electron chi connectivity index (χ1n) is 6.45. The van der Waals surface area contributed by atoms with Gasteiger partial charge in [-0.05, 0) is 24.1 Å². The fourth-order valence-corrected chi connectivity index (χ4v) is 2.42. The van der Waals surface area contributed by atoms with Crippen molar-refractivity contribution < 1.29 is 15.0 Å². The zero-order chi connectivity index (χ0) is 13.2. The molecule has 0 atom stereocenters. The number of aryl methyl sites for hydroxylation is 1. The van der Waals surface area contributed by atoms with Gasteiger partial charge >= 0.3 is 0 Å². The number of fused-ring (bicyclic) bond motifs is 2. The average Bonchev–Trinajstić information content (AvgIpc) is 2.63. The molecule has 1 aromatic carbocycles. The number of benzene rings is 1. The molecule has 1 aliphatic carbocycles. The monoisotopic (exact) mass is 258 g/mol. The molecule has 1 heterocycles. The molecule has 0 amide bonds. The molecule has 1 aliphatic heterocycles. The van der Waals surface area contributed by atoms with Crippen LogP contribution in [0.2, 0.25) is 0 Å². The molecule has 0 aromatic heterocycles. The van der Waals surface area contributed by atoms with Gasteiger partial charge in [0, 0.05) is 16.5 Å². The summed E-state index contributed by atoms with van der Waals surface area (Å²) in [6.45, 7) is -4.89. The Balaban J connectivity index is 2.07. The number of rotatable bonds is 0. The maximum Gasteiger partial charge on any atom is 0.195 e. The van der Waals surface area contributed by atoms with E-state index in [4.69, 9.17) is 15.0 Å². The Morgan fingerprint density at radius 2 is 2.14 bits per heavy atom. The fraction of sp³-hybridized carbons (Fsp3) is 0.455. The maximum absolute atomic E-state index is 7.60. The molecule has 0 saturated carbocycles. The van der Waals surface area contributed by atoms with E-state index in [0.29, 0.717) is 12.8 Å². The van der Waals surface area contributed by atoms with Crippen molar-refractivity contribution >= 4 is 15.9 Å². The molecule has 0 radical (unpaired) electrons. The van der Waals surface area contributed by atoms with Crippen LogP contribution in [0, 0.1) is 0 Å². The van der Waals surface area contributed by atoms with Crippen LogP contribution in [-0.4, -0.2) is 13.1 Å². The lowest BCUT2D eigenvalue weighted by Gasteiger charge is -2.22. The van der Waals surface area contributed by atoms with Crippen molar-refractivity contribution in [3.8, 4) is 0 Å². The van der Waals surface area contributed by atoms with Gasteiger partial charge in [0.15, 0.2) is 5.79 Å². The Morgan fingerprint density at radius 1 is 1.36 bits per heavy atom. The molecular weight excluding hydrogens is 244 g/mol. The van der Waals surface area contributed by atoms with Gasteiger partial charge in [0.05, 0.1) is 18.6 Å². The number of hydrogen-bond donors (Lipinski definition) is 0. The van der Waals surface area contributed by atoms with E-state index in [1.807, 2.05) is 12.1 Å². The Labute approximate surface area is 97.0 Å². The highest BCUT2D eigenvalue weighted by Crippen LogP contribution is 2.43. The van der Waals surface area contributed by atoms with Crippen LogP contribution in [0.1, 0.15) is 23.0 Å². The average molecular weight is 259 g/mol. The van der Waals surface area contributed by atoms with Crippen LogP contribution in [-0.2, 0) is 21.7 Å². The Bertz CT molecular complexity index is 502. The molecule has 2 aliphatic rings. The first-order valence-corrected chi connectivity index (χ1v) is 5.24. The normalized spacial score (nSPS) is 34.4. The van der Waals surface area contributed by atoms with E-state index in [1.54, 1.807) is 6.07 Å². The lowest BCUT2D eigenvalue weighted by molar-refractivity contribution is -0.163. The molecule has 0 bridgehead atoms. The second-order valence-electron chi connectivity index (χ2n) is 3.46. The van der Waals surface area contributed by atoms with Crippen molar-refractivity contribution in [1.82, 2.24) is 0 Å². The predicted molar refractivity (Wildman–Crippen MR) is 56.0 cm³/mol. The highest BCUT2D eigenvalue weighted by atomic mass is 79.9. The first kappa shape index (κ1) is 5.64. The van der Waals surface area contributed by atoms with Gasteiger partial charge in [-0.2, -0.15) is 0 Å². The minimum absolute atomic E-state index is 0.428. The lowest BCUT2D eigenvalue weighted by Crippen LogP contribution is -2.23. The molecule has 2 nitrogen and oxygen atoms in total. The highest BCUT2D eigenvalue weighted by molar-refractivity contribution is 9.10. The van der Waals surface area contributed by atoms with E-state index >= 15 is 0 Å². The van der Waals surface area contributed by atoms with Crippen LogP contribution in [0.25, 0.3) is 0 Å². The zero-order valence-corrected chi connectivity index (χ0v) is 8.93. The van der Waals surface area contributed by atoms with Gasteiger partial charge in [-0.1, -0.05) is 22.0 Å². The fourth-order valence-electron chi connectivity index (χ4n) is 2.01. The molecule has 1 saturated heterocycles. The first-order chi connectivity index (χ1) is 8.26. The van der Waals surface area contributed by atoms with Crippen molar-refractivity contribution in [3.05, 3.63) is 33.8 Å². The molecule has 1 fully saturated rings. The van der Waals surface area contributed by atoms with E-state index in [-0.39, 0.29) is 0 Å². The molecule has 0 unspecified atom stereocenters. The summed E-state index contributed by atoms with van der Waals surface area (Å²) in [5.41, 5.74) is 1.72. The van der Waals surface area contributed by atoms with E-state index in [9.17, 15) is 0 Å². The SMILES string of the molecule is [2H]C1([2H])OC2(CCc3cc(Br)ccc32)OC1([2H])[2H]. The Hall–Kier alpha value is -0.380. The summed E-state index contributed by atoms with van der Waals surface area (Å²) >= 11 is 3.38. The molecule has 1 spiro atoms. The number of halogens is 1. The molecular formula is C11H11BrO2. The number of ether oxygens (including phenoxy) is 2. The summed E-state index contributed by atoms with van der Waals surface area (Å²) in [5, 5.41) is 0. The smallest absolute Gasteiger partial charge is 0.195 e. The Kier molecular flexibility index (Phi) is 1.23. The van der Waals surface area contributed by atoms with Crippen molar-refractivity contribution in [2.24, 2.45) is 0 Å². The summed E-state index contributed by atoms with van der Waals surface area (Å²) in [7, 11) is 0. The van der Waals surface area contributed by atoms with Gasteiger partial charge < -0.3 is 9.47 Å². The number of hydrogen-bond acceptors (Lipinski definition) is 2. The Morgan fingerprint density at radius 3 is 2.93 bits per heavy atom. The van der Waals surface area contributed by atoms with Crippen LogP contribution < -0.4 is 0 Å². The van der Waals surface area contributed by atoms with E-state index in [2.05, 4.69) is 15.9 Å². The third-order valence-electron chi connectivity index (χ3n) is 2.67. The summed E-state index contributed by atoms with van der Waals surface area (Å²) in [6, 6.07) is 5.55. The second kappa shape index (κ2) is 3.05. The standard InChI is InChI=1S/C11H11BrO2/c12-9-1-2-10-8(7-9)3-4-11(10)13-5-6-14-11/h1-2,7H,3-6H2/i5D2,6D2. The van der Waals surface area contributed by atoms with Crippen LogP contribution in [0.15, 0.2) is 22.7 Å². The lowest BCUT2D eigenvalue weighted by atomic mass is 10.1. The van der Waals surface area contributed by atoms with Gasteiger partial charge in [-0.25, -0.2) is 0 Å². The predicted octanol–water partition coefficient (Wildman–Crippen LogP) is 2.59. The van der Waals surface area contributed by atoms with Crippen LogP contribution in [0.5, 0.6) is 0 Å². The van der Waals surface area contributed by atoms with Crippen LogP contribution >= 0.6 is 15.9 Å². The van der Waals surface area contributed by atoms with Gasteiger partial charge in [-0.15, -0.1) is 0 Å².